The van der Waals surface area contributed by atoms with Crippen LogP contribution >= 0.6 is 0 Å². The van der Waals surface area contributed by atoms with Crippen molar-refractivity contribution in [2.24, 2.45) is 5.92 Å². The first-order valence-corrected chi connectivity index (χ1v) is 7.50. The van der Waals surface area contributed by atoms with Gasteiger partial charge in [0.25, 0.3) is 0 Å². The van der Waals surface area contributed by atoms with Crippen LogP contribution < -0.4 is 5.32 Å². The van der Waals surface area contributed by atoms with E-state index in [1.165, 1.54) is 25.7 Å². The fraction of sp³-hybridized carbons (Fsp3) is 0.933. The number of rotatable bonds is 5. The molecule has 0 spiro atoms. The third-order valence-corrected chi connectivity index (χ3v) is 4.98. The summed E-state index contributed by atoms with van der Waals surface area (Å²) in [5.74, 6) is 0.910. The minimum Gasteiger partial charge on any atom is -0.300 e. The fourth-order valence-electron chi connectivity index (χ4n) is 3.48. The molecule has 2 aliphatic carbocycles. The van der Waals surface area contributed by atoms with Crippen LogP contribution in [0.1, 0.15) is 52.4 Å². The maximum Gasteiger partial charge on any atom is 0.108 e. The van der Waals surface area contributed by atoms with Gasteiger partial charge in [-0.15, -0.1) is 0 Å². The zero-order chi connectivity index (χ0) is 13.2. The first-order valence-electron chi connectivity index (χ1n) is 7.50. The van der Waals surface area contributed by atoms with Crippen molar-refractivity contribution in [2.75, 3.05) is 13.6 Å². The van der Waals surface area contributed by atoms with E-state index < -0.39 is 0 Å². The number of nitrogens with zero attached hydrogens (tertiary/aromatic N) is 2. The van der Waals surface area contributed by atoms with Crippen LogP contribution in [0, 0.1) is 17.2 Å². The van der Waals surface area contributed by atoms with Crippen molar-refractivity contribution in [3.63, 3.8) is 0 Å². The minimum absolute atomic E-state index is 0.269. The Balaban J connectivity index is 1.98. The van der Waals surface area contributed by atoms with Crippen LogP contribution in [-0.2, 0) is 0 Å². The average molecular weight is 249 g/mol. The van der Waals surface area contributed by atoms with Gasteiger partial charge in [0.15, 0.2) is 0 Å². The van der Waals surface area contributed by atoms with Gasteiger partial charge in [0.1, 0.15) is 5.54 Å². The number of nitriles is 1. The Hall–Kier alpha value is -0.590. The van der Waals surface area contributed by atoms with Crippen molar-refractivity contribution in [3.8, 4) is 6.07 Å². The van der Waals surface area contributed by atoms with E-state index in [0.717, 1.165) is 25.3 Å². The lowest BCUT2D eigenvalue weighted by Crippen LogP contribution is -2.53. The van der Waals surface area contributed by atoms with Gasteiger partial charge in [0.2, 0.25) is 0 Å². The fourth-order valence-corrected chi connectivity index (χ4v) is 3.48. The second-order valence-corrected chi connectivity index (χ2v) is 6.22. The van der Waals surface area contributed by atoms with Gasteiger partial charge in [-0.25, -0.2) is 0 Å². The molecule has 2 aliphatic rings. The summed E-state index contributed by atoms with van der Waals surface area (Å²) in [4.78, 5) is 2.54. The lowest BCUT2D eigenvalue weighted by Gasteiger charge is -2.42. The molecule has 3 nitrogen and oxygen atoms in total. The highest BCUT2D eigenvalue weighted by Crippen LogP contribution is 2.38. The first kappa shape index (κ1) is 13.8. The van der Waals surface area contributed by atoms with E-state index in [0.29, 0.717) is 12.1 Å². The van der Waals surface area contributed by atoms with Crippen molar-refractivity contribution in [2.45, 2.75) is 70.0 Å². The molecule has 1 N–H and O–H groups in total. The lowest BCUT2D eigenvalue weighted by molar-refractivity contribution is 0.103. The molecule has 3 atom stereocenters. The summed E-state index contributed by atoms with van der Waals surface area (Å²) in [5.41, 5.74) is -0.269. The van der Waals surface area contributed by atoms with Gasteiger partial charge in [-0.3, -0.25) is 5.32 Å². The average Bonchev–Trinajstić information content (AvgIpc) is 3.22. The Labute approximate surface area is 112 Å². The summed E-state index contributed by atoms with van der Waals surface area (Å²) in [6.45, 7) is 5.34. The monoisotopic (exact) mass is 249 g/mol. The largest absolute Gasteiger partial charge is 0.300 e. The second-order valence-electron chi connectivity index (χ2n) is 6.22. The van der Waals surface area contributed by atoms with Gasteiger partial charge in [-0.1, -0.05) is 6.92 Å². The smallest absolute Gasteiger partial charge is 0.108 e. The van der Waals surface area contributed by atoms with Gasteiger partial charge in [-0.05, 0) is 65.0 Å². The summed E-state index contributed by atoms with van der Waals surface area (Å²) in [6.07, 6.45) is 7.23. The molecule has 2 saturated carbocycles. The van der Waals surface area contributed by atoms with Crippen molar-refractivity contribution in [1.29, 1.82) is 5.26 Å². The third-order valence-electron chi connectivity index (χ3n) is 4.98. The summed E-state index contributed by atoms with van der Waals surface area (Å²) in [7, 11) is 2.26. The minimum atomic E-state index is -0.269. The quantitative estimate of drug-likeness (QED) is 0.814. The highest BCUT2D eigenvalue weighted by Gasteiger charge is 2.40. The predicted molar refractivity (Wildman–Crippen MR) is 74.2 cm³/mol. The van der Waals surface area contributed by atoms with Gasteiger partial charge in [0.05, 0.1) is 6.07 Å². The van der Waals surface area contributed by atoms with Gasteiger partial charge in [-0.2, -0.15) is 5.26 Å². The lowest BCUT2D eigenvalue weighted by atomic mass is 9.79. The zero-order valence-electron chi connectivity index (χ0n) is 12.1. The molecule has 0 bridgehead atoms. The molecule has 18 heavy (non-hydrogen) atoms. The standard InChI is InChI=1S/C15H27N3/c1-4-17-15(11-16)9-5-6-14(10-15)18(3)12(2)13-7-8-13/h12-14,17H,4-10H2,1-3H3. The number of hydrogen-bond acceptors (Lipinski definition) is 3. The van der Waals surface area contributed by atoms with Gasteiger partial charge >= 0.3 is 0 Å². The van der Waals surface area contributed by atoms with Crippen LogP contribution in [0.5, 0.6) is 0 Å². The van der Waals surface area contributed by atoms with Crippen LogP contribution in [0.15, 0.2) is 0 Å². The van der Waals surface area contributed by atoms with E-state index in [1.54, 1.807) is 0 Å². The van der Waals surface area contributed by atoms with E-state index in [2.05, 4.69) is 37.2 Å². The van der Waals surface area contributed by atoms with E-state index >= 15 is 0 Å². The number of nitrogens with one attached hydrogen (secondary N) is 1. The molecular weight excluding hydrogens is 222 g/mol. The molecule has 3 heteroatoms. The van der Waals surface area contributed by atoms with Gasteiger partial charge < -0.3 is 4.90 Å². The van der Waals surface area contributed by atoms with Crippen LogP contribution in [0.2, 0.25) is 0 Å². The zero-order valence-corrected chi connectivity index (χ0v) is 12.1. The molecule has 2 fully saturated rings. The molecule has 102 valence electrons. The Morgan fingerprint density at radius 3 is 2.72 bits per heavy atom. The van der Waals surface area contributed by atoms with E-state index in [-0.39, 0.29) is 5.54 Å². The van der Waals surface area contributed by atoms with Crippen LogP contribution in [0.25, 0.3) is 0 Å². The maximum absolute atomic E-state index is 9.50. The second kappa shape index (κ2) is 5.59. The van der Waals surface area contributed by atoms with Crippen LogP contribution in [0.3, 0.4) is 0 Å². The van der Waals surface area contributed by atoms with Crippen molar-refractivity contribution in [3.05, 3.63) is 0 Å². The molecule has 0 aromatic rings. The summed E-state index contributed by atoms with van der Waals surface area (Å²) in [6, 6.07) is 3.81. The van der Waals surface area contributed by atoms with Crippen molar-refractivity contribution >= 4 is 0 Å². The third kappa shape index (κ3) is 2.87. The van der Waals surface area contributed by atoms with Crippen molar-refractivity contribution in [1.82, 2.24) is 10.2 Å². The summed E-state index contributed by atoms with van der Waals surface area (Å²) < 4.78 is 0. The highest BCUT2D eigenvalue weighted by molar-refractivity contribution is 5.11. The molecular formula is C15H27N3. The normalized spacial score (nSPS) is 34.3. The van der Waals surface area contributed by atoms with E-state index in [4.69, 9.17) is 0 Å². The molecule has 0 radical (unpaired) electrons. The van der Waals surface area contributed by atoms with Crippen molar-refractivity contribution < 1.29 is 0 Å². The van der Waals surface area contributed by atoms with Crippen LogP contribution in [0.4, 0.5) is 0 Å². The summed E-state index contributed by atoms with van der Waals surface area (Å²) in [5, 5.41) is 12.9. The van der Waals surface area contributed by atoms with E-state index in [1.807, 2.05) is 0 Å². The Kier molecular flexibility index (Phi) is 4.29. The Bertz CT molecular complexity index is 314. The molecule has 0 aromatic carbocycles. The molecule has 0 saturated heterocycles. The molecule has 3 unspecified atom stereocenters. The summed E-state index contributed by atoms with van der Waals surface area (Å²) >= 11 is 0. The molecule has 0 aromatic heterocycles. The molecule has 0 heterocycles. The number of hydrogen-bond donors (Lipinski definition) is 1. The molecule has 0 amide bonds. The SMILES string of the molecule is CCNC1(C#N)CCCC(N(C)C(C)C2CC2)C1. The van der Waals surface area contributed by atoms with Gasteiger partial charge in [0, 0.05) is 12.1 Å². The molecule has 2 rings (SSSR count). The Morgan fingerprint density at radius 2 is 2.17 bits per heavy atom. The highest BCUT2D eigenvalue weighted by atomic mass is 15.2. The Morgan fingerprint density at radius 1 is 1.44 bits per heavy atom. The van der Waals surface area contributed by atoms with Crippen LogP contribution in [-0.4, -0.2) is 36.1 Å². The maximum atomic E-state index is 9.50. The first-order chi connectivity index (χ1) is 8.62. The predicted octanol–water partition coefficient (Wildman–Crippen LogP) is 2.53. The topological polar surface area (TPSA) is 39.1 Å². The van der Waals surface area contributed by atoms with E-state index in [9.17, 15) is 5.26 Å². The molecule has 0 aliphatic heterocycles.